The fraction of sp³-hybridized carbons (Fsp3) is 0.500. The topological polar surface area (TPSA) is 52.3 Å². The zero-order valence-corrected chi connectivity index (χ0v) is 9.44. The van der Waals surface area contributed by atoms with Gasteiger partial charge in [-0.3, -0.25) is 0 Å². The van der Waals surface area contributed by atoms with E-state index in [1.807, 2.05) is 0 Å². The Bertz CT molecular complexity index is 432. The molecule has 0 saturated heterocycles. The highest BCUT2D eigenvalue weighted by Gasteiger charge is 2.72. The van der Waals surface area contributed by atoms with Crippen molar-refractivity contribution in [3.8, 4) is 0 Å². The van der Waals surface area contributed by atoms with E-state index >= 15 is 0 Å². The lowest BCUT2D eigenvalue weighted by atomic mass is 9.96. The van der Waals surface area contributed by atoms with Crippen LogP contribution in [0.2, 0.25) is 0 Å². The summed E-state index contributed by atoms with van der Waals surface area (Å²) < 4.78 is 31.2. The molecule has 0 radical (unpaired) electrons. The fourth-order valence-electron chi connectivity index (χ4n) is 1.90. The average molecular weight is 247 g/mol. The van der Waals surface area contributed by atoms with E-state index in [-0.39, 0.29) is 17.8 Å². The lowest BCUT2D eigenvalue weighted by molar-refractivity contribution is 0.0601. The summed E-state index contributed by atoms with van der Waals surface area (Å²) in [7, 11) is 1.23. The van der Waals surface area contributed by atoms with Crippen molar-refractivity contribution in [1.29, 1.82) is 0 Å². The molecular formula is C10H11F2NO2S. The summed E-state index contributed by atoms with van der Waals surface area (Å²) in [5.41, 5.74) is 4.37. The third-order valence-corrected chi connectivity index (χ3v) is 3.89. The number of esters is 1. The minimum Gasteiger partial charge on any atom is -0.465 e. The second-order valence-electron chi connectivity index (χ2n) is 3.82. The average Bonchev–Trinajstić information content (AvgIpc) is 2.68. The lowest BCUT2D eigenvalue weighted by Crippen LogP contribution is -2.28. The SMILES string of the molecule is COC(=O)c1sccc1C1(CN)CC1(F)F. The first-order chi connectivity index (χ1) is 7.48. The molecule has 1 atom stereocenters. The molecule has 2 rings (SSSR count). The molecule has 0 spiro atoms. The summed E-state index contributed by atoms with van der Waals surface area (Å²) in [5, 5.41) is 1.60. The van der Waals surface area contributed by atoms with Crippen LogP contribution in [0.5, 0.6) is 0 Å². The van der Waals surface area contributed by atoms with E-state index in [1.165, 1.54) is 13.2 Å². The molecule has 1 fully saturated rings. The van der Waals surface area contributed by atoms with Crippen LogP contribution in [0.15, 0.2) is 11.4 Å². The van der Waals surface area contributed by atoms with Crippen LogP contribution in [0.3, 0.4) is 0 Å². The summed E-state index contributed by atoms with van der Waals surface area (Å²) in [6.07, 6.45) is -0.294. The molecule has 0 bridgehead atoms. The molecule has 1 saturated carbocycles. The largest absolute Gasteiger partial charge is 0.465 e. The number of halogens is 2. The van der Waals surface area contributed by atoms with Gasteiger partial charge in [-0.15, -0.1) is 11.3 Å². The monoisotopic (exact) mass is 247 g/mol. The number of methoxy groups -OCH3 is 1. The van der Waals surface area contributed by atoms with E-state index in [4.69, 9.17) is 5.73 Å². The highest BCUT2D eigenvalue weighted by Crippen LogP contribution is 2.62. The second-order valence-corrected chi connectivity index (χ2v) is 4.74. The Balaban J connectivity index is 2.42. The molecule has 1 aromatic heterocycles. The summed E-state index contributed by atoms with van der Waals surface area (Å²) in [6, 6.07) is 1.53. The Hall–Kier alpha value is -1.01. The molecule has 6 heteroatoms. The first-order valence-electron chi connectivity index (χ1n) is 4.73. The van der Waals surface area contributed by atoms with Gasteiger partial charge in [0.1, 0.15) is 4.88 Å². The molecule has 16 heavy (non-hydrogen) atoms. The van der Waals surface area contributed by atoms with Crippen molar-refractivity contribution < 1.29 is 18.3 Å². The molecule has 1 aliphatic rings. The van der Waals surface area contributed by atoms with E-state index in [0.29, 0.717) is 5.56 Å². The maximum atomic E-state index is 13.3. The van der Waals surface area contributed by atoms with Crippen LogP contribution in [-0.2, 0) is 10.2 Å². The van der Waals surface area contributed by atoms with E-state index < -0.39 is 17.3 Å². The van der Waals surface area contributed by atoms with Crippen molar-refractivity contribution in [1.82, 2.24) is 0 Å². The van der Waals surface area contributed by atoms with Crippen LogP contribution in [0, 0.1) is 0 Å². The van der Waals surface area contributed by atoms with Crippen molar-refractivity contribution in [3.05, 3.63) is 21.9 Å². The number of carbonyl (C=O) groups excluding carboxylic acids is 1. The van der Waals surface area contributed by atoms with Gasteiger partial charge in [-0.1, -0.05) is 0 Å². The standard InChI is InChI=1S/C10H11F2NO2S/c1-15-8(14)7-6(2-3-16-7)9(5-13)4-10(9,11)12/h2-3H,4-5,13H2,1H3. The van der Waals surface area contributed by atoms with Gasteiger partial charge in [0.05, 0.1) is 12.5 Å². The Morgan fingerprint density at radius 3 is 2.75 bits per heavy atom. The van der Waals surface area contributed by atoms with Crippen molar-refractivity contribution in [3.63, 3.8) is 0 Å². The van der Waals surface area contributed by atoms with Crippen LogP contribution in [0.25, 0.3) is 0 Å². The normalized spacial score (nSPS) is 26.5. The molecule has 0 aliphatic heterocycles. The van der Waals surface area contributed by atoms with Crippen molar-refractivity contribution in [2.75, 3.05) is 13.7 Å². The minimum absolute atomic E-state index is 0.166. The Morgan fingerprint density at radius 2 is 2.31 bits per heavy atom. The number of hydrogen-bond donors (Lipinski definition) is 1. The maximum absolute atomic E-state index is 13.3. The van der Waals surface area contributed by atoms with Gasteiger partial charge in [0, 0.05) is 13.0 Å². The number of carbonyl (C=O) groups is 1. The second kappa shape index (κ2) is 3.49. The Kier molecular flexibility index (Phi) is 2.51. The summed E-state index contributed by atoms with van der Waals surface area (Å²) in [4.78, 5) is 11.6. The van der Waals surface area contributed by atoms with E-state index in [1.54, 1.807) is 5.38 Å². The number of ether oxygens (including phenoxy) is 1. The molecule has 2 N–H and O–H groups in total. The molecule has 1 aromatic rings. The number of thiophene rings is 1. The molecule has 1 unspecified atom stereocenters. The minimum atomic E-state index is -2.81. The van der Waals surface area contributed by atoms with Gasteiger partial charge >= 0.3 is 5.97 Å². The smallest absolute Gasteiger partial charge is 0.348 e. The first kappa shape index (κ1) is 11.5. The first-order valence-corrected chi connectivity index (χ1v) is 5.60. The molecule has 1 aliphatic carbocycles. The molecule has 88 valence electrons. The quantitative estimate of drug-likeness (QED) is 0.828. The van der Waals surface area contributed by atoms with E-state index in [2.05, 4.69) is 4.74 Å². The number of hydrogen-bond acceptors (Lipinski definition) is 4. The Labute approximate surface area is 95.2 Å². The third-order valence-electron chi connectivity index (χ3n) is 3.00. The van der Waals surface area contributed by atoms with Crippen LogP contribution in [0.4, 0.5) is 8.78 Å². The third kappa shape index (κ3) is 1.36. The van der Waals surface area contributed by atoms with Gasteiger partial charge in [0.2, 0.25) is 0 Å². The molecular weight excluding hydrogens is 236 g/mol. The highest BCUT2D eigenvalue weighted by atomic mass is 32.1. The van der Waals surface area contributed by atoms with Crippen LogP contribution in [0.1, 0.15) is 21.7 Å². The highest BCUT2D eigenvalue weighted by molar-refractivity contribution is 7.12. The summed E-state index contributed by atoms with van der Waals surface area (Å²) in [6.45, 7) is -0.166. The number of nitrogens with two attached hydrogens (primary N) is 1. The predicted molar refractivity (Wildman–Crippen MR) is 56.0 cm³/mol. The molecule has 3 nitrogen and oxygen atoms in total. The van der Waals surface area contributed by atoms with Crippen molar-refractivity contribution >= 4 is 17.3 Å². The number of alkyl halides is 2. The molecule has 0 aromatic carbocycles. The molecule has 1 heterocycles. The van der Waals surface area contributed by atoms with Gasteiger partial charge in [0.15, 0.2) is 0 Å². The maximum Gasteiger partial charge on any atom is 0.348 e. The van der Waals surface area contributed by atoms with Gasteiger partial charge in [-0.2, -0.15) is 0 Å². The summed E-state index contributed by atoms with van der Waals surface area (Å²) >= 11 is 1.10. The van der Waals surface area contributed by atoms with Crippen molar-refractivity contribution in [2.45, 2.75) is 17.8 Å². The van der Waals surface area contributed by atoms with E-state index in [9.17, 15) is 13.6 Å². The zero-order valence-electron chi connectivity index (χ0n) is 8.63. The van der Waals surface area contributed by atoms with Gasteiger partial charge in [0.25, 0.3) is 5.92 Å². The van der Waals surface area contributed by atoms with Crippen LogP contribution >= 0.6 is 11.3 Å². The van der Waals surface area contributed by atoms with E-state index in [0.717, 1.165) is 11.3 Å². The fourth-order valence-corrected chi connectivity index (χ4v) is 2.81. The lowest BCUT2D eigenvalue weighted by Gasteiger charge is -2.13. The van der Waals surface area contributed by atoms with Gasteiger partial charge in [-0.05, 0) is 17.0 Å². The van der Waals surface area contributed by atoms with Gasteiger partial charge in [-0.25, -0.2) is 13.6 Å². The van der Waals surface area contributed by atoms with Crippen LogP contribution in [-0.4, -0.2) is 25.5 Å². The van der Waals surface area contributed by atoms with Gasteiger partial charge < -0.3 is 10.5 Å². The Morgan fingerprint density at radius 1 is 1.69 bits per heavy atom. The number of rotatable bonds is 3. The zero-order chi connectivity index (χ0) is 12.0. The van der Waals surface area contributed by atoms with Crippen LogP contribution < -0.4 is 5.73 Å². The molecule has 0 amide bonds. The summed E-state index contributed by atoms with van der Waals surface area (Å²) in [5.74, 6) is -3.40. The predicted octanol–water partition coefficient (Wildman–Crippen LogP) is 1.77. The van der Waals surface area contributed by atoms with Crippen molar-refractivity contribution in [2.24, 2.45) is 5.73 Å².